The van der Waals surface area contributed by atoms with Crippen LogP contribution in [0.5, 0.6) is 0 Å². The number of carbonyl (C=O) groups is 1. The highest BCUT2D eigenvalue weighted by Gasteiger charge is 2.26. The molecule has 3 N–H and O–H groups in total. The Morgan fingerprint density at radius 2 is 1.87 bits per heavy atom. The summed E-state index contributed by atoms with van der Waals surface area (Å²) < 4.78 is 7.86. The Balaban J connectivity index is 1.11. The highest BCUT2D eigenvalue weighted by molar-refractivity contribution is 6.04. The van der Waals surface area contributed by atoms with E-state index in [0.29, 0.717) is 34.6 Å². The number of rotatable bonds is 9. The third kappa shape index (κ3) is 6.47. The van der Waals surface area contributed by atoms with Gasteiger partial charge in [0.1, 0.15) is 23.5 Å². The van der Waals surface area contributed by atoms with Crippen LogP contribution in [0.3, 0.4) is 0 Å². The van der Waals surface area contributed by atoms with E-state index in [1.54, 1.807) is 44.5 Å². The second-order valence-electron chi connectivity index (χ2n) is 13.2. The number of nitrogens with one attached hydrogen (secondary N) is 2. The molecule has 10 heteroatoms. The molecule has 2 saturated carbocycles. The summed E-state index contributed by atoms with van der Waals surface area (Å²) in [5.74, 6) is 2.33. The first-order valence-corrected chi connectivity index (χ1v) is 15.9. The number of nitrogens with zero attached hydrogens (tertiary/aromatic N) is 5. The number of carbonyl (C=O) groups excluding carboxylic acids is 1. The lowest BCUT2D eigenvalue weighted by atomic mass is 9.87. The number of hydrogen-bond donors (Lipinski definition) is 3. The van der Waals surface area contributed by atoms with E-state index in [2.05, 4.69) is 43.4 Å². The van der Waals surface area contributed by atoms with Gasteiger partial charge in [0.05, 0.1) is 22.9 Å². The van der Waals surface area contributed by atoms with E-state index in [1.165, 1.54) is 25.7 Å². The first-order valence-electron chi connectivity index (χ1n) is 15.9. The molecular formula is C35H39N7O3. The zero-order chi connectivity index (χ0) is 31.1. The van der Waals surface area contributed by atoms with Crippen LogP contribution in [0.4, 0.5) is 11.5 Å². The standard InChI is InChI=1S/C35H39N7O3/c1-21-7-11-25(12-8-21)42-19-24-15-30(26(35(2,3)44)17-29(24)41-42)39-33(43)28-6-4-5-27(38-28)31-20-45-34(40-31)23-13-14-36-32(16-23)37-18-22-9-10-22/h4-6,13-17,19-22,25,44H,7-12,18H2,1-3H3,(H,36,37)(H,39,43)/t21-,25-. The largest absolute Gasteiger partial charge is 0.444 e. The topological polar surface area (TPSA) is 131 Å². The van der Waals surface area contributed by atoms with Crippen LogP contribution < -0.4 is 10.6 Å². The Bertz CT molecular complexity index is 1840. The fourth-order valence-corrected chi connectivity index (χ4v) is 6.04. The minimum Gasteiger partial charge on any atom is -0.444 e. The van der Waals surface area contributed by atoms with Crippen LogP contribution in [0.2, 0.25) is 0 Å². The summed E-state index contributed by atoms with van der Waals surface area (Å²) in [6.45, 7) is 6.64. The maximum atomic E-state index is 13.5. The van der Waals surface area contributed by atoms with Crippen molar-refractivity contribution in [3.8, 4) is 22.8 Å². The van der Waals surface area contributed by atoms with Crippen molar-refractivity contribution in [2.75, 3.05) is 17.2 Å². The third-order valence-corrected chi connectivity index (χ3v) is 8.95. The first kappa shape index (κ1) is 29.2. The van der Waals surface area contributed by atoms with Gasteiger partial charge in [-0.1, -0.05) is 13.0 Å². The molecule has 0 saturated heterocycles. The molecule has 0 unspecified atom stereocenters. The number of oxazole rings is 1. The maximum absolute atomic E-state index is 13.5. The summed E-state index contributed by atoms with van der Waals surface area (Å²) in [6.07, 6.45) is 12.5. The van der Waals surface area contributed by atoms with Gasteiger partial charge in [-0.2, -0.15) is 5.10 Å². The van der Waals surface area contributed by atoms with Gasteiger partial charge in [0.25, 0.3) is 5.91 Å². The Hall–Kier alpha value is -4.57. The summed E-state index contributed by atoms with van der Waals surface area (Å²) in [4.78, 5) is 27.2. The highest BCUT2D eigenvalue weighted by Crippen LogP contribution is 2.36. The second kappa shape index (κ2) is 11.7. The van der Waals surface area contributed by atoms with Crippen LogP contribution in [-0.2, 0) is 5.60 Å². The Labute approximate surface area is 262 Å². The zero-order valence-corrected chi connectivity index (χ0v) is 26.0. The smallest absolute Gasteiger partial charge is 0.274 e. The van der Waals surface area contributed by atoms with Crippen LogP contribution in [0.15, 0.2) is 65.5 Å². The fraction of sp³-hybridized carbons (Fsp3) is 0.400. The van der Waals surface area contributed by atoms with E-state index in [4.69, 9.17) is 9.52 Å². The molecule has 5 aromatic rings. The quantitative estimate of drug-likeness (QED) is 0.161. The highest BCUT2D eigenvalue weighted by atomic mass is 16.3. The predicted molar refractivity (Wildman–Crippen MR) is 174 cm³/mol. The molecule has 2 fully saturated rings. The molecule has 2 aliphatic carbocycles. The van der Waals surface area contributed by atoms with E-state index in [0.717, 1.165) is 53.5 Å². The zero-order valence-electron chi connectivity index (χ0n) is 26.0. The van der Waals surface area contributed by atoms with Crippen molar-refractivity contribution in [1.82, 2.24) is 24.7 Å². The number of pyridine rings is 2. The molecule has 0 atom stereocenters. The molecule has 0 aliphatic heterocycles. The molecular weight excluding hydrogens is 566 g/mol. The average Bonchev–Trinajstić information content (AvgIpc) is 3.56. The molecule has 1 aromatic carbocycles. The van der Waals surface area contributed by atoms with E-state index < -0.39 is 5.60 Å². The van der Waals surface area contributed by atoms with Gasteiger partial charge < -0.3 is 20.2 Å². The molecule has 4 heterocycles. The minimum absolute atomic E-state index is 0.223. The van der Waals surface area contributed by atoms with Crippen molar-refractivity contribution in [1.29, 1.82) is 0 Å². The normalized spacial score (nSPS) is 18.7. The second-order valence-corrected chi connectivity index (χ2v) is 13.2. The summed E-state index contributed by atoms with van der Waals surface area (Å²) in [5.41, 5.74) is 2.77. The Kier molecular flexibility index (Phi) is 7.61. The number of fused-ring (bicyclic) bond motifs is 1. The van der Waals surface area contributed by atoms with Gasteiger partial charge in [0.2, 0.25) is 5.89 Å². The lowest BCUT2D eigenvalue weighted by Gasteiger charge is -2.26. The molecule has 7 rings (SSSR count). The molecule has 232 valence electrons. The molecule has 10 nitrogen and oxygen atoms in total. The molecule has 45 heavy (non-hydrogen) atoms. The van der Waals surface area contributed by atoms with Gasteiger partial charge in [-0.05, 0) is 101 Å². The summed E-state index contributed by atoms with van der Waals surface area (Å²) in [6, 6.07) is 13.1. The van der Waals surface area contributed by atoms with Crippen molar-refractivity contribution >= 4 is 28.3 Å². The van der Waals surface area contributed by atoms with Crippen LogP contribution in [0, 0.1) is 11.8 Å². The van der Waals surface area contributed by atoms with Crippen molar-refractivity contribution in [3.63, 3.8) is 0 Å². The molecule has 2 aliphatic rings. The van der Waals surface area contributed by atoms with Crippen LogP contribution in [0.1, 0.15) is 81.4 Å². The van der Waals surface area contributed by atoms with Gasteiger partial charge in [-0.15, -0.1) is 0 Å². The molecule has 1 amide bonds. The van der Waals surface area contributed by atoms with Crippen molar-refractivity contribution in [2.45, 2.75) is 70.9 Å². The first-order chi connectivity index (χ1) is 21.7. The number of hydrogen-bond acceptors (Lipinski definition) is 8. The summed E-state index contributed by atoms with van der Waals surface area (Å²) >= 11 is 0. The number of aliphatic hydroxyl groups is 1. The van der Waals surface area contributed by atoms with Crippen molar-refractivity contribution in [3.05, 3.63) is 72.4 Å². The summed E-state index contributed by atoms with van der Waals surface area (Å²) in [5, 5.41) is 23.2. The van der Waals surface area contributed by atoms with Gasteiger partial charge in [0.15, 0.2) is 0 Å². The van der Waals surface area contributed by atoms with E-state index >= 15 is 0 Å². The lowest BCUT2D eigenvalue weighted by molar-refractivity contribution is 0.0793. The number of anilines is 2. The van der Waals surface area contributed by atoms with E-state index in [-0.39, 0.29) is 11.6 Å². The maximum Gasteiger partial charge on any atom is 0.274 e. The molecule has 0 spiro atoms. The predicted octanol–water partition coefficient (Wildman–Crippen LogP) is 7.20. The number of aromatic nitrogens is 5. The van der Waals surface area contributed by atoms with Crippen molar-refractivity contribution in [2.24, 2.45) is 11.8 Å². The van der Waals surface area contributed by atoms with Crippen LogP contribution >= 0.6 is 0 Å². The minimum atomic E-state index is -1.20. The number of benzene rings is 1. The third-order valence-electron chi connectivity index (χ3n) is 8.95. The monoisotopic (exact) mass is 605 g/mol. The molecule has 0 bridgehead atoms. The summed E-state index contributed by atoms with van der Waals surface area (Å²) in [7, 11) is 0. The molecule has 0 radical (unpaired) electrons. The van der Waals surface area contributed by atoms with Gasteiger partial charge >= 0.3 is 0 Å². The van der Waals surface area contributed by atoms with Crippen LogP contribution in [-0.4, -0.2) is 42.3 Å². The fourth-order valence-electron chi connectivity index (χ4n) is 6.04. The van der Waals surface area contributed by atoms with E-state index in [9.17, 15) is 9.90 Å². The van der Waals surface area contributed by atoms with Crippen LogP contribution in [0.25, 0.3) is 33.7 Å². The van der Waals surface area contributed by atoms with Gasteiger partial charge in [-0.3, -0.25) is 9.48 Å². The van der Waals surface area contributed by atoms with Gasteiger partial charge in [0, 0.05) is 41.1 Å². The average molecular weight is 606 g/mol. The van der Waals surface area contributed by atoms with Crippen molar-refractivity contribution < 1.29 is 14.3 Å². The molecule has 4 aromatic heterocycles. The Morgan fingerprint density at radius 1 is 1.04 bits per heavy atom. The SMILES string of the molecule is CC(C)(O)c1cc2nn([C@H]3CC[C@H](C)CC3)cc2cc1NC(=O)c1cccc(-c2coc(-c3ccnc(NCC4CC4)c3)n2)n1. The number of amides is 1. The van der Waals surface area contributed by atoms with Gasteiger partial charge in [-0.25, -0.2) is 15.0 Å². The Morgan fingerprint density at radius 3 is 2.64 bits per heavy atom. The van der Waals surface area contributed by atoms with E-state index in [1.807, 2.05) is 24.3 Å². The lowest BCUT2D eigenvalue weighted by Crippen LogP contribution is -2.21.